The summed E-state index contributed by atoms with van der Waals surface area (Å²) in [5.41, 5.74) is -0.257. The van der Waals surface area contributed by atoms with Crippen LogP contribution in [0.2, 0.25) is 0 Å². The normalized spacial score (nSPS) is 24.8. The molecule has 5 nitrogen and oxygen atoms in total. The van der Waals surface area contributed by atoms with Crippen molar-refractivity contribution in [3.63, 3.8) is 0 Å². The lowest BCUT2D eigenvalue weighted by atomic mass is 9.83. The number of hydrogen-bond acceptors (Lipinski definition) is 3. The quantitative estimate of drug-likeness (QED) is 0.635. The van der Waals surface area contributed by atoms with E-state index in [-0.39, 0.29) is 23.7 Å². The molecule has 0 radical (unpaired) electrons. The second kappa shape index (κ2) is 6.73. The van der Waals surface area contributed by atoms with Crippen molar-refractivity contribution < 1.29 is 14.7 Å². The minimum atomic E-state index is -0.779. The van der Waals surface area contributed by atoms with Gasteiger partial charge in [-0.3, -0.25) is 9.59 Å². The number of carboxylic acid groups (broad SMARTS) is 1. The molecule has 104 valence electrons. The molecule has 0 aromatic heterocycles. The standard InChI is InChI=1S/C13H24N2O3/c1-3-13(6-7-14-9-13)12(18)15-8-10(2)4-5-11(16)17/h10,14H,3-9H2,1-2H3,(H,15,18)(H,16,17). The first-order chi connectivity index (χ1) is 8.50. The summed E-state index contributed by atoms with van der Waals surface area (Å²) < 4.78 is 0. The van der Waals surface area contributed by atoms with Gasteiger partial charge in [0.2, 0.25) is 5.91 Å². The van der Waals surface area contributed by atoms with Crippen molar-refractivity contribution >= 4 is 11.9 Å². The van der Waals surface area contributed by atoms with Crippen LogP contribution >= 0.6 is 0 Å². The molecule has 5 heteroatoms. The van der Waals surface area contributed by atoms with E-state index in [1.165, 1.54) is 0 Å². The SMILES string of the molecule is CCC1(C(=O)NCC(C)CCC(=O)O)CCNC1. The largest absolute Gasteiger partial charge is 0.481 e. The summed E-state index contributed by atoms with van der Waals surface area (Å²) in [6.07, 6.45) is 2.50. The van der Waals surface area contributed by atoms with Gasteiger partial charge in [-0.05, 0) is 31.7 Å². The molecule has 2 unspecified atom stereocenters. The molecule has 1 aliphatic heterocycles. The first kappa shape index (κ1) is 15.0. The molecule has 0 spiro atoms. The van der Waals surface area contributed by atoms with Crippen molar-refractivity contribution in [2.24, 2.45) is 11.3 Å². The Hall–Kier alpha value is -1.10. The first-order valence-electron chi connectivity index (χ1n) is 6.71. The second-order valence-corrected chi connectivity index (χ2v) is 5.31. The van der Waals surface area contributed by atoms with Crippen molar-refractivity contribution in [3.05, 3.63) is 0 Å². The van der Waals surface area contributed by atoms with Crippen LogP contribution < -0.4 is 10.6 Å². The van der Waals surface area contributed by atoms with E-state index in [1.807, 2.05) is 13.8 Å². The zero-order valence-electron chi connectivity index (χ0n) is 11.3. The fourth-order valence-electron chi connectivity index (χ4n) is 2.33. The third kappa shape index (κ3) is 3.98. The Morgan fingerprint density at radius 3 is 2.72 bits per heavy atom. The van der Waals surface area contributed by atoms with Gasteiger partial charge in [0.05, 0.1) is 5.41 Å². The summed E-state index contributed by atoms with van der Waals surface area (Å²) in [7, 11) is 0. The molecule has 0 saturated carbocycles. The maximum Gasteiger partial charge on any atom is 0.303 e. The van der Waals surface area contributed by atoms with Crippen molar-refractivity contribution in [2.45, 2.75) is 39.5 Å². The first-order valence-corrected chi connectivity index (χ1v) is 6.71. The highest BCUT2D eigenvalue weighted by Gasteiger charge is 2.39. The van der Waals surface area contributed by atoms with Crippen LogP contribution in [0.4, 0.5) is 0 Å². The number of nitrogens with one attached hydrogen (secondary N) is 2. The Labute approximate surface area is 108 Å². The lowest BCUT2D eigenvalue weighted by Gasteiger charge is -2.26. The summed E-state index contributed by atoms with van der Waals surface area (Å²) in [6.45, 7) is 6.22. The predicted molar refractivity (Wildman–Crippen MR) is 69.3 cm³/mol. The maximum absolute atomic E-state index is 12.2. The molecule has 1 amide bonds. The lowest BCUT2D eigenvalue weighted by molar-refractivity contribution is -0.137. The fourth-order valence-corrected chi connectivity index (χ4v) is 2.33. The Balaban J connectivity index is 2.33. The number of amides is 1. The Morgan fingerprint density at radius 2 is 2.22 bits per heavy atom. The topological polar surface area (TPSA) is 78.4 Å². The molecule has 2 atom stereocenters. The van der Waals surface area contributed by atoms with E-state index in [1.54, 1.807) is 0 Å². The summed E-state index contributed by atoms with van der Waals surface area (Å²) in [5, 5.41) is 14.8. The fraction of sp³-hybridized carbons (Fsp3) is 0.846. The molecular weight excluding hydrogens is 232 g/mol. The number of rotatable bonds is 7. The van der Waals surface area contributed by atoms with E-state index in [4.69, 9.17) is 5.11 Å². The average Bonchev–Trinajstić information content (AvgIpc) is 2.83. The number of carboxylic acids is 1. The van der Waals surface area contributed by atoms with Crippen LogP contribution in [0.25, 0.3) is 0 Å². The zero-order valence-corrected chi connectivity index (χ0v) is 11.3. The second-order valence-electron chi connectivity index (χ2n) is 5.31. The van der Waals surface area contributed by atoms with Crippen molar-refractivity contribution in [1.82, 2.24) is 10.6 Å². The third-order valence-corrected chi connectivity index (χ3v) is 3.86. The van der Waals surface area contributed by atoms with Gasteiger partial charge in [0.15, 0.2) is 0 Å². The highest BCUT2D eigenvalue weighted by Crippen LogP contribution is 2.29. The maximum atomic E-state index is 12.2. The summed E-state index contributed by atoms with van der Waals surface area (Å²) in [5.74, 6) is -0.469. The van der Waals surface area contributed by atoms with E-state index < -0.39 is 5.97 Å². The highest BCUT2D eigenvalue weighted by molar-refractivity contribution is 5.83. The number of aliphatic carboxylic acids is 1. The summed E-state index contributed by atoms with van der Waals surface area (Å²) in [4.78, 5) is 22.6. The molecule has 0 aromatic carbocycles. The molecule has 1 heterocycles. The number of carbonyl (C=O) groups excluding carboxylic acids is 1. The van der Waals surface area contributed by atoms with Crippen LogP contribution in [0.3, 0.4) is 0 Å². The summed E-state index contributed by atoms with van der Waals surface area (Å²) in [6, 6.07) is 0. The van der Waals surface area contributed by atoms with Crippen molar-refractivity contribution in [2.75, 3.05) is 19.6 Å². The van der Waals surface area contributed by atoms with E-state index in [9.17, 15) is 9.59 Å². The molecule has 1 rings (SSSR count). The van der Waals surface area contributed by atoms with Gasteiger partial charge in [-0.15, -0.1) is 0 Å². The highest BCUT2D eigenvalue weighted by atomic mass is 16.4. The lowest BCUT2D eigenvalue weighted by Crippen LogP contribution is -2.43. The van der Waals surface area contributed by atoms with E-state index in [0.29, 0.717) is 13.0 Å². The predicted octanol–water partition coefficient (Wildman–Crippen LogP) is 0.993. The van der Waals surface area contributed by atoms with Crippen molar-refractivity contribution in [3.8, 4) is 0 Å². The van der Waals surface area contributed by atoms with Crippen LogP contribution in [0.5, 0.6) is 0 Å². The minimum absolute atomic E-state index is 0.108. The Morgan fingerprint density at radius 1 is 1.50 bits per heavy atom. The summed E-state index contributed by atoms with van der Waals surface area (Å²) >= 11 is 0. The molecular formula is C13H24N2O3. The number of hydrogen-bond donors (Lipinski definition) is 3. The van der Waals surface area contributed by atoms with E-state index in [0.717, 1.165) is 25.9 Å². The molecule has 0 bridgehead atoms. The van der Waals surface area contributed by atoms with Gasteiger partial charge < -0.3 is 15.7 Å². The van der Waals surface area contributed by atoms with Crippen LogP contribution in [0.15, 0.2) is 0 Å². The van der Waals surface area contributed by atoms with Crippen LogP contribution in [0, 0.1) is 11.3 Å². The monoisotopic (exact) mass is 256 g/mol. The van der Waals surface area contributed by atoms with E-state index >= 15 is 0 Å². The van der Waals surface area contributed by atoms with Gasteiger partial charge in [-0.2, -0.15) is 0 Å². The Kier molecular flexibility index (Phi) is 5.59. The average molecular weight is 256 g/mol. The van der Waals surface area contributed by atoms with Gasteiger partial charge >= 0.3 is 5.97 Å². The molecule has 3 N–H and O–H groups in total. The third-order valence-electron chi connectivity index (χ3n) is 3.86. The van der Waals surface area contributed by atoms with Gasteiger partial charge in [0.1, 0.15) is 0 Å². The van der Waals surface area contributed by atoms with Gasteiger partial charge in [0.25, 0.3) is 0 Å². The molecule has 0 aromatic rings. The van der Waals surface area contributed by atoms with Gasteiger partial charge in [0, 0.05) is 19.5 Å². The van der Waals surface area contributed by atoms with E-state index in [2.05, 4.69) is 10.6 Å². The Bertz CT molecular complexity index is 299. The smallest absolute Gasteiger partial charge is 0.303 e. The van der Waals surface area contributed by atoms with Gasteiger partial charge in [-0.25, -0.2) is 0 Å². The minimum Gasteiger partial charge on any atom is -0.481 e. The van der Waals surface area contributed by atoms with Crippen LogP contribution in [-0.4, -0.2) is 36.6 Å². The van der Waals surface area contributed by atoms with Gasteiger partial charge in [-0.1, -0.05) is 13.8 Å². The van der Waals surface area contributed by atoms with Crippen molar-refractivity contribution in [1.29, 1.82) is 0 Å². The molecule has 1 fully saturated rings. The molecule has 1 saturated heterocycles. The number of carbonyl (C=O) groups is 2. The molecule has 1 aliphatic rings. The molecule has 0 aliphatic carbocycles. The molecule has 18 heavy (non-hydrogen) atoms. The van der Waals surface area contributed by atoms with Crippen LogP contribution in [0.1, 0.15) is 39.5 Å². The van der Waals surface area contributed by atoms with Crippen LogP contribution in [-0.2, 0) is 9.59 Å². The zero-order chi connectivity index (χ0) is 13.6.